The third-order valence-electron chi connectivity index (χ3n) is 5.81. The van der Waals surface area contributed by atoms with E-state index < -0.39 is 0 Å². The fourth-order valence-corrected chi connectivity index (χ4v) is 8.38. The molecular formula is C16H20BrClS. The molecule has 0 aromatic carbocycles. The van der Waals surface area contributed by atoms with Crippen LogP contribution in [0.25, 0.3) is 0 Å². The number of halogens is 2. The van der Waals surface area contributed by atoms with Gasteiger partial charge in [0.2, 0.25) is 0 Å². The molecule has 19 heavy (non-hydrogen) atoms. The first kappa shape index (κ1) is 13.2. The van der Waals surface area contributed by atoms with Gasteiger partial charge in [0.05, 0.1) is 9.85 Å². The molecule has 3 unspecified atom stereocenters. The van der Waals surface area contributed by atoms with Crippen LogP contribution in [-0.2, 0) is 0 Å². The average molecular weight is 360 g/mol. The van der Waals surface area contributed by atoms with Crippen molar-refractivity contribution in [3.05, 3.63) is 21.3 Å². The summed E-state index contributed by atoms with van der Waals surface area (Å²) in [5.41, 5.74) is 1.09. The maximum Gasteiger partial charge on any atom is 0.0560 e. The molecule has 0 saturated heterocycles. The van der Waals surface area contributed by atoms with Crippen LogP contribution < -0.4 is 0 Å². The summed E-state index contributed by atoms with van der Waals surface area (Å²) in [6, 6.07) is 2.05. The van der Waals surface area contributed by atoms with E-state index in [0.717, 1.165) is 16.9 Å². The molecule has 4 aliphatic rings. The second kappa shape index (κ2) is 4.24. The smallest absolute Gasteiger partial charge is 0.0560 e. The molecule has 1 aromatic rings. The number of hydrogen-bond acceptors (Lipinski definition) is 1. The van der Waals surface area contributed by atoms with Gasteiger partial charge in [-0.25, -0.2) is 0 Å². The lowest BCUT2D eigenvalue weighted by Crippen LogP contribution is -2.52. The lowest BCUT2D eigenvalue weighted by atomic mass is 9.44. The standard InChI is InChI=1S/C16H20BrClS/c1-15-5-10-4-11(6-15)8-16(7-10,9-15)14(17)13-12(18)2-3-19-13/h2-3,10-11,14H,4-9H2,1H3. The SMILES string of the molecule is CC12CC3CC(C1)CC(C(Br)c1sccc1Cl)(C3)C2. The lowest BCUT2D eigenvalue weighted by molar-refractivity contribution is -0.101. The molecule has 0 spiro atoms. The molecule has 0 N–H and O–H groups in total. The molecule has 4 aliphatic carbocycles. The molecule has 3 heteroatoms. The topological polar surface area (TPSA) is 0 Å². The Morgan fingerprint density at radius 2 is 2.00 bits per heavy atom. The summed E-state index contributed by atoms with van der Waals surface area (Å²) in [4.78, 5) is 1.84. The van der Waals surface area contributed by atoms with E-state index in [-0.39, 0.29) is 0 Å². The van der Waals surface area contributed by atoms with Gasteiger partial charge < -0.3 is 0 Å². The molecule has 0 aliphatic heterocycles. The second-order valence-corrected chi connectivity index (χ2v) is 9.90. The number of alkyl halides is 1. The zero-order valence-corrected chi connectivity index (χ0v) is 14.5. The zero-order chi connectivity index (χ0) is 13.3. The fraction of sp³-hybridized carbons (Fsp3) is 0.750. The Hall–Kier alpha value is 0.470. The van der Waals surface area contributed by atoms with Crippen molar-refractivity contribution in [1.82, 2.24) is 0 Å². The average Bonchev–Trinajstić information content (AvgIpc) is 2.71. The summed E-state index contributed by atoms with van der Waals surface area (Å²) >= 11 is 12.3. The Bertz CT molecular complexity index is 495. The Morgan fingerprint density at radius 1 is 1.32 bits per heavy atom. The number of hydrogen-bond donors (Lipinski definition) is 0. The highest BCUT2D eigenvalue weighted by Crippen LogP contribution is 2.70. The minimum absolute atomic E-state index is 0.470. The van der Waals surface area contributed by atoms with Crippen molar-refractivity contribution >= 4 is 38.9 Å². The largest absolute Gasteiger partial charge is 0.146 e. The van der Waals surface area contributed by atoms with Gasteiger partial charge in [-0.05, 0) is 72.6 Å². The maximum absolute atomic E-state index is 6.39. The molecule has 1 aromatic heterocycles. The van der Waals surface area contributed by atoms with E-state index in [2.05, 4.69) is 34.3 Å². The van der Waals surface area contributed by atoms with Crippen LogP contribution in [0.5, 0.6) is 0 Å². The Balaban J connectivity index is 1.72. The summed E-state index contributed by atoms with van der Waals surface area (Å²) in [7, 11) is 0. The minimum Gasteiger partial charge on any atom is -0.146 e. The molecular weight excluding hydrogens is 340 g/mol. The van der Waals surface area contributed by atoms with Crippen LogP contribution in [0.1, 0.15) is 55.2 Å². The van der Waals surface area contributed by atoms with E-state index in [1.54, 1.807) is 0 Å². The van der Waals surface area contributed by atoms with Gasteiger partial charge in [-0.2, -0.15) is 0 Å². The molecule has 3 atom stereocenters. The highest BCUT2D eigenvalue weighted by Gasteiger charge is 2.58. The van der Waals surface area contributed by atoms with Gasteiger partial charge in [-0.15, -0.1) is 11.3 Å². The van der Waals surface area contributed by atoms with Crippen molar-refractivity contribution in [2.24, 2.45) is 22.7 Å². The van der Waals surface area contributed by atoms with Gasteiger partial charge in [0.25, 0.3) is 0 Å². The normalized spacial score (nSPS) is 45.6. The number of rotatable bonds is 2. The Kier molecular flexibility index (Phi) is 2.93. The van der Waals surface area contributed by atoms with Gasteiger partial charge in [0.15, 0.2) is 0 Å². The monoisotopic (exact) mass is 358 g/mol. The first-order valence-corrected chi connectivity index (χ1v) is 9.54. The summed E-state index contributed by atoms with van der Waals surface area (Å²) in [6.45, 7) is 2.54. The molecule has 4 saturated carbocycles. The van der Waals surface area contributed by atoms with Crippen LogP contribution >= 0.6 is 38.9 Å². The molecule has 4 bridgehead atoms. The molecule has 104 valence electrons. The van der Waals surface area contributed by atoms with Crippen LogP contribution in [0, 0.1) is 22.7 Å². The van der Waals surface area contributed by atoms with Gasteiger partial charge in [0.1, 0.15) is 0 Å². The first-order valence-electron chi connectivity index (χ1n) is 7.37. The quantitative estimate of drug-likeness (QED) is 0.533. The summed E-state index contributed by atoms with van der Waals surface area (Å²) < 4.78 is 0. The highest BCUT2D eigenvalue weighted by molar-refractivity contribution is 9.09. The molecule has 4 fully saturated rings. The Labute approximate surface area is 133 Å². The predicted octanol–water partition coefficient (Wildman–Crippen LogP) is 6.44. The van der Waals surface area contributed by atoms with Gasteiger partial charge in [-0.1, -0.05) is 34.5 Å². The zero-order valence-electron chi connectivity index (χ0n) is 11.3. The van der Waals surface area contributed by atoms with Crippen LogP contribution in [0.4, 0.5) is 0 Å². The van der Waals surface area contributed by atoms with Crippen LogP contribution in [-0.4, -0.2) is 0 Å². The van der Waals surface area contributed by atoms with Crippen LogP contribution in [0.3, 0.4) is 0 Å². The van der Waals surface area contributed by atoms with Crippen molar-refractivity contribution in [3.8, 4) is 0 Å². The summed E-state index contributed by atoms with van der Waals surface area (Å²) in [6.07, 6.45) is 8.69. The molecule has 0 nitrogen and oxygen atoms in total. The summed E-state index contributed by atoms with van der Waals surface area (Å²) in [5, 5.41) is 3.10. The van der Waals surface area contributed by atoms with Crippen molar-refractivity contribution in [2.75, 3.05) is 0 Å². The number of thiophene rings is 1. The van der Waals surface area contributed by atoms with Gasteiger partial charge in [-0.3, -0.25) is 0 Å². The fourth-order valence-electron chi connectivity index (χ4n) is 5.86. The minimum atomic E-state index is 0.470. The highest BCUT2D eigenvalue weighted by atomic mass is 79.9. The van der Waals surface area contributed by atoms with E-state index in [9.17, 15) is 0 Å². The third-order valence-corrected chi connectivity index (χ3v) is 8.97. The van der Waals surface area contributed by atoms with Crippen LogP contribution in [0.2, 0.25) is 5.02 Å². The van der Waals surface area contributed by atoms with Crippen molar-refractivity contribution in [3.63, 3.8) is 0 Å². The van der Waals surface area contributed by atoms with Crippen LogP contribution in [0.15, 0.2) is 11.4 Å². The van der Waals surface area contributed by atoms with E-state index in [1.807, 2.05) is 11.3 Å². The van der Waals surface area contributed by atoms with Gasteiger partial charge in [0, 0.05) is 4.88 Å². The Morgan fingerprint density at radius 3 is 2.53 bits per heavy atom. The molecule has 0 amide bonds. The van der Waals surface area contributed by atoms with Crippen molar-refractivity contribution in [1.29, 1.82) is 0 Å². The maximum atomic E-state index is 6.39. The lowest BCUT2D eigenvalue weighted by Gasteiger charge is -2.62. The predicted molar refractivity (Wildman–Crippen MR) is 86.2 cm³/mol. The van der Waals surface area contributed by atoms with E-state index >= 15 is 0 Å². The van der Waals surface area contributed by atoms with E-state index in [0.29, 0.717) is 15.7 Å². The third kappa shape index (κ3) is 1.97. The second-order valence-electron chi connectivity index (χ2n) is 7.63. The summed E-state index contributed by atoms with van der Waals surface area (Å²) in [5.74, 6) is 1.95. The van der Waals surface area contributed by atoms with Crippen molar-refractivity contribution in [2.45, 2.75) is 50.3 Å². The first-order chi connectivity index (χ1) is 9.00. The molecule has 5 rings (SSSR count). The molecule has 1 heterocycles. The van der Waals surface area contributed by atoms with E-state index in [4.69, 9.17) is 11.6 Å². The van der Waals surface area contributed by atoms with E-state index in [1.165, 1.54) is 43.4 Å². The van der Waals surface area contributed by atoms with Gasteiger partial charge >= 0.3 is 0 Å². The van der Waals surface area contributed by atoms with Crippen molar-refractivity contribution < 1.29 is 0 Å². The molecule has 0 radical (unpaired) electrons.